The summed E-state index contributed by atoms with van der Waals surface area (Å²) in [5.41, 5.74) is 5.95. The van der Waals surface area contributed by atoms with Crippen molar-refractivity contribution in [1.82, 2.24) is 0 Å². The Morgan fingerprint density at radius 1 is 0.526 bits per heavy atom. The van der Waals surface area contributed by atoms with Crippen LogP contribution in [0.3, 0.4) is 0 Å². The maximum atomic E-state index is 15.4. The van der Waals surface area contributed by atoms with Crippen LogP contribution in [0.1, 0.15) is 77.5 Å². The van der Waals surface area contributed by atoms with Crippen molar-refractivity contribution >= 4 is 23.5 Å². The lowest BCUT2D eigenvalue weighted by molar-refractivity contribution is 0.0599. The van der Waals surface area contributed by atoms with Gasteiger partial charge < -0.3 is 19.3 Å². The minimum atomic E-state index is -1.00. The molecule has 0 aromatic heterocycles. The van der Waals surface area contributed by atoms with Gasteiger partial charge in [-0.3, -0.25) is 9.59 Å². The largest absolute Gasteiger partial charge is 0.496 e. The number of carbonyl (C=O) groups excluding carboxylic acids is 3. The van der Waals surface area contributed by atoms with Crippen LogP contribution in [0.25, 0.3) is 22.3 Å². The van der Waals surface area contributed by atoms with Crippen LogP contribution in [0.2, 0.25) is 0 Å². The third-order valence-corrected chi connectivity index (χ3v) is 9.29. The fraction of sp³-hybridized carbons (Fsp3) is 0.149. The first-order valence-corrected chi connectivity index (χ1v) is 17.8. The molecule has 6 aromatic rings. The van der Waals surface area contributed by atoms with E-state index >= 15 is 8.78 Å². The lowest BCUT2D eigenvalue weighted by atomic mass is 9.95. The van der Waals surface area contributed by atoms with Crippen molar-refractivity contribution in [2.24, 2.45) is 0 Å². The molecule has 10 heteroatoms. The number of carbonyl (C=O) groups is 4. The first kappa shape index (κ1) is 41.2. The summed E-state index contributed by atoms with van der Waals surface area (Å²) in [4.78, 5) is 45.9. The van der Waals surface area contributed by atoms with E-state index in [1.807, 2.05) is 0 Å². The van der Waals surface area contributed by atoms with Gasteiger partial charge in [0.05, 0.1) is 43.6 Å². The summed E-state index contributed by atoms with van der Waals surface area (Å²) >= 11 is 0. The van der Waals surface area contributed by atoms with E-state index in [1.165, 1.54) is 47.3 Å². The molecule has 0 bridgehead atoms. The molecule has 6 rings (SSSR count). The lowest BCUT2D eigenvalue weighted by Gasteiger charge is -2.14. The van der Waals surface area contributed by atoms with E-state index in [2.05, 4.69) is 0 Å². The molecule has 8 nitrogen and oxygen atoms in total. The van der Waals surface area contributed by atoms with E-state index < -0.39 is 23.6 Å². The predicted octanol–water partition coefficient (Wildman–Crippen LogP) is 10.1. The van der Waals surface area contributed by atoms with Crippen molar-refractivity contribution in [2.45, 2.75) is 26.7 Å². The van der Waals surface area contributed by atoms with Crippen molar-refractivity contribution in [3.8, 4) is 33.8 Å². The molecule has 290 valence electrons. The van der Waals surface area contributed by atoms with E-state index in [4.69, 9.17) is 19.3 Å². The Morgan fingerprint density at radius 3 is 1.28 bits per heavy atom. The molecule has 6 aromatic carbocycles. The van der Waals surface area contributed by atoms with Crippen LogP contribution in [0.5, 0.6) is 11.5 Å². The Labute approximate surface area is 329 Å². The van der Waals surface area contributed by atoms with Crippen LogP contribution < -0.4 is 9.47 Å². The number of hydrogen-bond acceptors (Lipinski definition) is 7. The standard InChI is InChI=1S/C24H21FO4.C23H19FO4/c1-15(26)18-5-4-6-19(14-18)22-21(28-2)12-11-20(23(22)25)13-16-7-9-17(10-8-16)24(27)29-3;1-14(25)17-4-3-5-18(13-17)21-20(28-2)11-10-19(22(21)24)12-15-6-8-16(9-7-15)23(26)27/h4-12,14H,13H2,1-3H3;3-11,13H,12H2,1-2H3,(H,26,27). The minimum Gasteiger partial charge on any atom is -0.496 e. The summed E-state index contributed by atoms with van der Waals surface area (Å²) in [5.74, 6) is -1.67. The first-order chi connectivity index (χ1) is 27.3. The zero-order valence-corrected chi connectivity index (χ0v) is 32.0. The summed E-state index contributed by atoms with van der Waals surface area (Å²) in [6.45, 7) is 2.94. The number of ether oxygens (including phenoxy) is 3. The fourth-order valence-corrected chi connectivity index (χ4v) is 6.22. The average Bonchev–Trinajstić information content (AvgIpc) is 3.22. The van der Waals surface area contributed by atoms with Crippen LogP contribution in [0, 0.1) is 11.6 Å². The summed E-state index contributed by atoms with van der Waals surface area (Å²) < 4.78 is 46.2. The van der Waals surface area contributed by atoms with Gasteiger partial charge in [0.25, 0.3) is 0 Å². The number of methoxy groups -OCH3 is 3. The maximum Gasteiger partial charge on any atom is 0.337 e. The number of hydrogen-bond donors (Lipinski definition) is 1. The molecule has 1 N–H and O–H groups in total. The molecule has 57 heavy (non-hydrogen) atoms. The summed E-state index contributed by atoms with van der Waals surface area (Å²) in [7, 11) is 4.28. The average molecular weight is 771 g/mol. The lowest BCUT2D eigenvalue weighted by Crippen LogP contribution is -2.02. The zero-order valence-electron chi connectivity index (χ0n) is 32.0. The molecular weight excluding hydrogens is 731 g/mol. The first-order valence-electron chi connectivity index (χ1n) is 17.8. The van der Waals surface area contributed by atoms with Crippen molar-refractivity contribution in [3.63, 3.8) is 0 Å². The number of Topliss-reactive ketones (excluding diaryl/α,β-unsaturated/α-hetero) is 2. The van der Waals surface area contributed by atoms with Crippen LogP contribution in [-0.4, -0.2) is 49.9 Å². The molecule has 0 saturated carbocycles. The second-order valence-corrected chi connectivity index (χ2v) is 13.0. The fourth-order valence-electron chi connectivity index (χ4n) is 6.22. The van der Waals surface area contributed by atoms with E-state index in [1.54, 1.807) is 109 Å². The second-order valence-electron chi connectivity index (χ2n) is 13.0. The molecule has 0 atom stereocenters. The van der Waals surface area contributed by atoms with E-state index in [-0.39, 0.29) is 17.1 Å². The molecule has 0 radical (unpaired) electrons. The van der Waals surface area contributed by atoms with Crippen LogP contribution in [0.4, 0.5) is 8.78 Å². The highest BCUT2D eigenvalue weighted by atomic mass is 19.1. The molecule has 0 spiro atoms. The van der Waals surface area contributed by atoms with Gasteiger partial charge in [-0.15, -0.1) is 0 Å². The van der Waals surface area contributed by atoms with Gasteiger partial charge >= 0.3 is 11.9 Å². The topological polar surface area (TPSA) is 116 Å². The molecule has 0 unspecified atom stereocenters. The molecule has 0 saturated heterocycles. The monoisotopic (exact) mass is 770 g/mol. The molecule has 0 aliphatic carbocycles. The van der Waals surface area contributed by atoms with E-state index in [0.717, 1.165) is 11.1 Å². The van der Waals surface area contributed by atoms with Gasteiger partial charge in [0.15, 0.2) is 11.6 Å². The maximum absolute atomic E-state index is 15.4. The number of rotatable bonds is 12. The number of esters is 1. The Morgan fingerprint density at radius 2 is 0.930 bits per heavy atom. The van der Waals surface area contributed by atoms with Gasteiger partial charge in [-0.05, 0) is 95.8 Å². The Balaban J connectivity index is 0.000000218. The van der Waals surface area contributed by atoms with Gasteiger partial charge in [0, 0.05) is 24.0 Å². The quantitative estimate of drug-likeness (QED) is 0.0966. The predicted molar refractivity (Wildman–Crippen MR) is 214 cm³/mol. The Hall–Kier alpha value is -6.94. The van der Waals surface area contributed by atoms with E-state index in [9.17, 15) is 19.2 Å². The minimum absolute atomic E-state index is 0.0897. The van der Waals surface area contributed by atoms with Crippen LogP contribution in [-0.2, 0) is 17.6 Å². The van der Waals surface area contributed by atoms with Crippen LogP contribution >= 0.6 is 0 Å². The molecule has 0 heterocycles. The summed E-state index contributed by atoms with van der Waals surface area (Å²) in [6.07, 6.45) is 0.645. The number of benzene rings is 6. The smallest absolute Gasteiger partial charge is 0.337 e. The molecular formula is C47H40F2O8. The SMILES string of the molecule is COC(=O)c1ccc(Cc2ccc(OC)c(-c3cccc(C(C)=O)c3)c2F)cc1.COc1ccc(Cc2ccc(C(=O)O)cc2)c(F)c1-c1cccc(C(C)=O)c1. The van der Waals surface area contributed by atoms with Gasteiger partial charge in [0.2, 0.25) is 0 Å². The third kappa shape index (κ3) is 9.84. The molecule has 0 aliphatic rings. The Bertz CT molecular complexity index is 2440. The van der Waals surface area contributed by atoms with Crippen molar-refractivity contribution in [1.29, 1.82) is 0 Å². The number of halogens is 2. The van der Waals surface area contributed by atoms with E-state index in [0.29, 0.717) is 74.4 Å². The third-order valence-electron chi connectivity index (χ3n) is 9.29. The number of carboxylic acids is 1. The highest BCUT2D eigenvalue weighted by Gasteiger charge is 2.19. The molecule has 0 fully saturated rings. The number of carboxylic acid groups (broad SMARTS) is 1. The van der Waals surface area contributed by atoms with Crippen molar-refractivity contribution in [3.05, 3.63) is 177 Å². The number of ketones is 2. The normalized spacial score (nSPS) is 10.5. The van der Waals surface area contributed by atoms with Crippen LogP contribution in [0.15, 0.2) is 121 Å². The highest BCUT2D eigenvalue weighted by Crippen LogP contribution is 2.37. The zero-order chi connectivity index (χ0) is 41.2. The van der Waals surface area contributed by atoms with Crippen molar-refractivity contribution in [2.75, 3.05) is 21.3 Å². The van der Waals surface area contributed by atoms with Gasteiger partial charge in [-0.2, -0.15) is 0 Å². The van der Waals surface area contributed by atoms with Gasteiger partial charge in [-0.1, -0.05) is 72.8 Å². The van der Waals surface area contributed by atoms with Crippen molar-refractivity contribution < 1.29 is 47.3 Å². The summed E-state index contributed by atoms with van der Waals surface area (Å²) in [6, 6.07) is 33.5. The highest BCUT2D eigenvalue weighted by molar-refractivity contribution is 5.96. The van der Waals surface area contributed by atoms with Gasteiger partial charge in [-0.25, -0.2) is 18.4 Å². The number of aromatic carboxylic acids is 1. The summed E-state index contributed by atoms with van der Waals surface area (Å²) in [5, 5.41) is 8.99. The molecule has 0 amide bonds. The molecule has 0 aliphatic heterocycles. The second kappa shape index (κ2) is 18.6. The Kier molecular flexibility index (Phi) is 13.5. The van der Waals surface area contributed by atoms with Gasteiger partial charge in [0.1, 0.15) is 23.1 Å².